The number of hydrogen-bond acceptors (Lipinski definition) is 5. The number of aromatic nitrogens is 2. The highest BCUT2D eigenvalue weighted by atomic mass is 16.5. The average Bonchev–Trinajstić information content (AvgIpc) is 2.77. The average molecular weight is 280 g/mol. The van der Waals surface area contributed by atoms with Crippen molar-refractivity contribution in [2.75, 3.05) is 33.3 Å². The van der Waals surface area contributed by atoms with Gasteiger partial charge in [-0.25, -0.2) is 4.79 Å². The summed E-state index contributed by atoms with van der Waals surface area (Å²) in [6.45, 7) is 8.45. The number of carbonyl (C=O) groups excluding carboxylic acids is 1. The Kier molecular flexibility index (Phi) is 5.14. The second-order valence-corrected chi connectivity index (χ2v) is 5.06. The number of likely N-dealkylation sites (N-methyl/N-ethyl adjacent to an activating group) is 2. The monoisotopic (exact) mass is 280 g/mol. The minimum atomic E-state index is -0.256. The minimum Gasteiger partial charge on any atom is -0.461 e. The Morgan fingerprint density at radius 2 is 2.25 bits per heavy atom. The summed E-state index contributed by atoms with van der Waals surface area (Å²) in [6, 6.07) is 0. The number of esters is 1. The van der Waals surface area contributed by atoms with Gasteiger partial charge in [0.05, 0.1) is 18.8 Å². The molecule has 0 aromatic carbocycles. The van der Waals surface area contributed by atoms with Gasteiger partial charge in [-0.1, -0.05) is 6.92 Å². The molecule has 0 unspecified atom stereocenters. The molecule has 0 atom stereocenters. The molecule has 20 heavy (non-hydrogen) atoms. The van der Waals surface area contributed by atoms with Crippen molar-refractivity contribution in [3.8, 4) is 0 Å². The van der Waals surface area contributed by atoms with Gasteiger partial charge in [-0.2, -0.15) is 5.10 Å². The van der Waals surface area contributed by atoms with Crippen molar-refractivity contribution in [1.29, 1.82) is 0 Å². The lowest BCUT2D eigenvalue weighted by molar-refractivity contribution is 0.0509. The zero-order valence-corrected chi connectivity index (χ0v) is 12.6. The van der Waals surface area contributed by atoms with Gasteiger partial charge in [0.1, 0.15) is 0 Å². The predicted molar refractivity (Wildman–Crippen MR) is 76.8 cm³/mol. The van der Waals surface area contributed by atoms with Gasteiger partial charge in [0.15, 0.2) is 5.69 Å². The highest BCUT2D eigenvalue weighted by molar-refractivity contribution is 5.89. The molecule has 2 rings (SSSR count). The molecular formula is C14H24N4O2. The first-order valence-corrected chi connectivity index (χ1v) is 7.32. The zero-order valence-electron chi connectivity index (χ0n) is 12.6. The molecule has 0 spiro atoms. The maximum atomic E-state index is 12.2. The van der Waals surface area contributed by atoms with Crippen LogP contribution in [0.2, 0.25) is 0 Å². The van der Waals surface area contributed by atoms with Crippen molar-refractivity contribution in [1.82, 2.24) is 20.0 Å². The summed E-state index contributed by atoms with van der Waals surface area (Å²) in [4.78, 5) is 14.4. The molecule has 0 saturated carbocycles. The lowest BCUT2D eigenvalue weighted by Gasteiger charge is -2.21. The van der Waals surface area contributed by atoms with Gasteiger partial charge in [0, 0.05) is 31.6 Å². The normalized spacial score (nSPS) is 15.2. The first-order chi connectivity index (χ1) is 9.67. The van der Waals surface area contributed by atoms with Crippen LogP contribution in [0.3, 0.4) is 0 Å². The van der Waals surface area contributed by atoms with Crippen molar-refractivity contribution < 1.29 is 9.53 Å². The molecule has 112 valence electrons. The number of nitrogens with one attached hydrogen (secondary N) is 1. The maximum absolute atomic E-state index is 12.2. The van der Waals surface area contributed by atoms with E-state index in [2.05, 4.69) is 29.3 Å². The highest BCUT2D eigenvalue weighted by Crippen LogP contribution is 2.22. The molecule has 0 radical (unpaired) electrons. The minimum absolute atomic E-state index is 0.256. The Labute approximate surface area is 120 Å². The van der Waals surface area contributed by atoms with Gasteiger partial charge in [0.2, 0.25) is 0 Å². The van der Waals surface area contributed by atoms with Gasteiger partial charge >= 0.3 is 5.97 Å². The van der Waals surface area contributed by atoms with Gasteiger partial charge in [-0.15, -0.1) is 0 Å². The third-order valence-corrected chi connectivity index (χ3v) is 3.51. The standard InChI is InChI=1S/C14H24N4O2/c1-4-15-7-9-18-13(14(19)20-5-2)11-10-17(3)8-6-12(11)16-18/h15H,4-10H2,1-3H3. The van der Waals surface area contributed by atoms with E-state index in [1.165, 1.54) is 0 Å². The van der Waals surface area contributed by atoms with Crippen LogP contribution in [0.25, 0.3) is 0 Å². The van der Waals surface area contributed by atoms with E-state index >= 15 is 0 Å². The van der Waals surface area contributed by atoms with E-state index in [1.54, 1.807) is 0 Å². The fraction of sp³-hybridized carbons (Fsp3) is 0.714. The molecule has 0 saturated heterocycles. The van der Waals surface area contributed by atoms with Gasteiger partial charge in [-0.05, 0) is 20.5 Å². The molecule has 1 aromatic heterocycles. The van der Waals surface area contributed by atoms with E-state index in [9.17, 15) is 4.79 Å². The highest BCUT2D eigenvalue weighted by Gasteiger charge is 2.27. The van der Waals surface area contributed by atoms with Crippen LogP contribution >= 0.6 is 0 Å². The van der Waals surface area contributed by atoms with Crippen molar-refractivity contribution in [3.05, 3.63) is 17.0 Å². The molecule has 1 N–H and O–H groups in total. The zero-order chi connectivity index (χ0) is 14.5. The predicted octanol–water partition coefficient (Wildman–Crippen LogP) is 0.657. The second kappa shape index (κ2) is 6.85. The lowest BCUT2D eigenvalue weighted by Crippen LogP contribution is -2.27. The van der Waals surface area contributed by atoms with Crippen LogP contribution in [0.5, 0.6) is 0 Å². The first kappa shape index (κ1) is 15.0. The van der Waals surface area contributed by atoms with Crippen LogP contribution < -0.4 is 5.32 Å². The van der Waals surface area contributed by atoms with E-state index < -0.39 is 0 Å². The molecule has 1 aliphatic heterocycles. The molecule has 0 bridgehead atoms. The Morgan fingerprint density at radius 1 is 1.45 bits per heavy atom. The van der Waals surface area contributed by atoms with Crippen molar-refractivity contribution in [2.45, 2.75) is 33.4 Å². The van der Waals surface area contributed by atoms with E-state index in [-0.39, 0.29) is 5.97 Å². The third kappa shape index (κ3) is 3.19. The summed E-state index contributed by atoms with van der Waals surface area (Å²) in [5.74, 6) is -0.256. The SMILES string of the molecule is CCNCCn1nc2c(c1C(=O)OCC)CN(C)CC2. The molecule has 0 fully saturated rings. The number of fused-ring (bicyclic) bond motifs is 1. The molecular weight excluding hydrogens is 256 g/mol. The number of hydrogen-bond donors (Lipinski definition) is 1. The Bertz CT molecular complexity index is 470. The molecule has 1 aliphatic rings. The maximum Gasteiger partial charge on any atom is 0.356 e. The summed E-state index contributed by atoms with van der Waals surface area (Å²) in [5, 5.41) is 7.87. The summed E-state index contributed by atoms with van der Waals surface area (Å²) in [7, 11) is 2.06. The van der Waals surface area contributed by atoms with Crippen LogP contribution in [0, 0.1) is 0 Å². The van der Waals surface area contributed by atoms with Crippen molar-refractivity contribution in [3.63, 3.8) is 0 Å². The molecule has 2 heterocycles. The van der Waals surface area contributed by atoms with E-state index in [0.717, 1.165) is 43.9 Å². The largest absolute Gasteiger partial charge is 0.461 e. The van der Waals surface area contributed by atoms with Crippen LogP contribution in [0.15, 0.2) is 0 Å². The number of carbonyl (C=O) groups is 1. The molecule has 6 heteroatoms. The van der Waals surface area contributed by atoms with E-state index in [4.69, 9.17) is 4.74 Å². The number of nitrogens with zero attached hydrogens (tertiary/aromatic N) is 3. The summed E-state index contributed by atoms with van der Waals surface area (Å²) >= 11 is 0. The quantitative estimate of drug-likeness (QED) is 0.613. The van der Waals surface area contributed by atoms with E-state index in [1.807, 2.05) is 11.6 Å². The van der Waals surface area contributed by atoms with E-state index in [0.29, 0.717) is 18.8 Å². The smallest absolute Gasteiger partial charge is 0.356 e. The second-order valence-electron chi connectivity index (χ2n) is 5.06. The topological polar surface area (TPSA) is 59.4 Å². The van der Waals surface area contributed by atoms with Gasteiger partial charge in [-0.3, -0.25) is 4.68 Å². The molecule has 0 amide bonds. The molecule has 6 nitrogen and oxygen atoms in total. The number of rotatable bonds is 6. The van der Waals surface area contributed by atoms with Crippen LogP contribution in [-0.4, -0.2) is 53.9 Å². The lowest BCUT2D eigenvalue weighted by atomic mass is 10.1. The van der Waals surface area contributed by atoms with Crippen LogP contribution in [0.4, 0.5) is 0 Å². The Hall–Kier alpha value is -1.40. The summed E-state index contributed by atoms with van der Waals surface area (Å²) in [5.41, 5.74) is 2.71. The summed E-state index contributed by atoms with van der Waals surface area (Å²) < 4.78 is 7.01. The summed E-state index contributed by atoms with van der Waals surface area (Å²) in [6.07, 6.45) is 0.895. The third-order valence-electron chi connectivity index (χ3n) is 3.51. The van der Waals surface area contributed by atoms with Crippen LogP contribution in [-0.2, 0) is 24.2 Å². The fourth-order valence-corrected chi connectivity index (χ4v) is 2.51. The van der Waals surface area contributed by atoms with Gasteiger partial charge < -0.3 is 15.0 Å². The van der Waals surface area contributed by atoms with Crippen molar-refractivity contribution >= 4 is 5.97 Å². The van der Waals surface area contributed by atoms with Crippen LogP contribution in [0.1, 0.15) is 35.6 Å². The Morgan fingerprint density at radius 3 is 2.95 bits per heavy atom. The molecule has 0 aliphatic carbocycles. The molecule has 1 aromatic rings. The number of ether oxygens (including phenoxy) is 1. The first-order valence-electron chi connectivity index (χ1n) is 7.32. The fourth-order valence-electron chi connectivity index (χ4n) is 2.51. The van der Waals surface area contributed by atoms with Crippen molar-refractivity contribution in [2.24, 2.45) is 0 Å². The Balaban J connectivity index is 2.27. The van der Waals surface area contributed by atoms with Gasteiger partial charge in [0.25, 0.3) is 0 Å².